The smallest absolute Gasteiger partial charge is 0.322 e. The summed E-state index contributed by atoms with van der Waals surface area (Å²) in [6, 6.07) is 17.2. The van der Waals surface area contributed by atoms with E-state index in [1.165, 1.54) is 0 Å². The van der Waals surface area contributed by atoms with Crippen molar-refractivity contribution in [1.82, 2.24) is 10.2 Å². The molecule has 1 aliphatic heterocycles. The molecule has 1 atom stereocenters. The Labute approximate surface area is 222 Å². The van der Waals surface area contributed by atoms with Crippen LogP contribution in [-0.4, -0.2) is 57.9 Å². The van der Waals surface area contributed by atoms with Crippen molar-refractivity contribution < 1.29 is 28.5 Å². The van der Waals surface area contributed by atoms with Crippen molar-refractivity contribution in [2.45, 2.75) is 19.4 Å². The number of methoxy groups -OCH3 is 3. The first kappa shape index (κ1) is 26.7. The molecule has 4 rings (SSSR count). The monoisotopic (exact) mass is 519 g/mol. The average Bonchev–Trinajstić information content (AvgIpc) is 2.95. The summed E-state index contributed by atoms with van der Waals surface area (Å²) in [4.78, 5) is 28.1. The van der Waals surface area contributed by atoms with Crippen LogP contribution in [0.3, 0.4) is 0 Å². The molecule has 0 saturated heterocycles. The van der Waals surface area contributed by atoms with Gasteiger partial charge in [-0.05, 0) is 85.1 Å². The van der Waals surface area contributed by atoms with Crippen LogP contribution in [0.15, 0.2) is 60.7 Å². The summed E-state index contributed by atoms with van der Waals surface area (Å²) in [6.45, 7) is 3.16. The minimum absolute atomic E-state index is 0.212. The van der Waals surface area contributed by atoms with Crippen LogP contribution in [0.1, 0.15) is 34.5 Å². The van der Waals surface area contributed by atoms with Crippen LogP contribution < -0.4 is 29.6 Å². The van der Waals surface area contributed by atoms with Gasteiger partial charge in [0.15, 0.2) is 11.5 Å². The minimum Gasteiger partial charge on any atom is -0.497 e. The molecule has 1 heterocycles. The lowest BCUT2D eigenvalue weighted by Gasteiger charge is -2.38. The maximum Gasteiger partial charge on any atom is 0.322 e. The Kier molecular flexibility index (Phi) is 8.58. The van der Waals surface area contributed by atoms with E-state index >= 15 is 0 Å². The van der Waals surface area contributed by atoms with Crippen LogP contribution in [0.25, 0.3) is 0 Å². The molecule has 200 valence electrons. The molecule has 0 fully saturated rings. The zero-order valence-corrected chi connectivity index (χ0v) is 22.1. The number of urea groups is 1. The van der Waals surface area contributed by atoms with Crippen molar-refractivity contribution in [2.75, 3.05) is 46.3 Å². The molecule has 0 radical (unpaired) electrons. The van der Waals surface area contributed by atoms with Gasteiger partial charge in [0.2, 0.25) is 0 Å². The van der Waals surface area contributed by atoms with Gasteiger partial charge in [0.1, 0.15) is 11.5 Å². The van der Waals surface area contributed by atoms with Crippen LogP contribution in [-0.2, 0) is 6.42 Å². The quantitative estimate of drug-likeness (QED) is 0.426. The third-order valence-corrected chi connectivity index (χ3v) is 6.49. The fourth-order valence-corrected chi connectivity index (χ4v) is 4.52. The van der Waals surface area contributed by atoms with Gasteiger partial charge in [-0.25, -0.2) is 4.79 Å². The molecule has 0 aromatic heterocycles. The number of benzene rings is 3. The normalized spacial score (nSPS) is 14.2. The lowest BCUT2D eigenvalue weighted by molar-refractivity contribution is 0.0936. The molecule has 9 nitrogen and oxygen atoms in total. The topological polar surface area (TPSA) is 98.4 Å². The van der Waals surface area contributed by atoms with E-state index in [1.54, 1.807) is 62.6 Å². The van der Waals surface area contributed by atoms with E-state index in [2.05, 4.69) is 10.6 Å². The highest BCUT2D eigenvalue weighted by Crippen LogP contribution is 2.38. The Morgan fingerprint density at radius 2 is 1.55 bits per heavy atom. The highest BCUT2D eigenvalue weighted by molar-refractivity contribution is 5.94. The summed E-state index contributed by atoms with van der Waals surface area (Å²) < 4.78 is 21.7. The lowest BCUT2D eigenvalue weighted by Crippen LogP contribution is -2.46. The fraction of sp³-hybridized carbons (Fsp3) is 0.310. The molecule has 9 heteroatoms. The molecular formula is C29H33N3O6. The Balaban J connectivity index is 1.58. The Morgan fingerprint density at radius 3 is 2.18 bits per heavy atom. The van der Waals surface area contributed by atoms with Gasteiger partial charge in [-0.2, -0.15) is 0 Å². The third kappa shape index (κ3) is 5.94. The first-order valence-electron chi connectivity index (χ1n) is 12.4. The largest absolute Gasteiger partial charge is 0.497 e. The maximum atomic E-state index is 13.5. The number of anilines is 1. The first-order valence-corrected chi connectivity index (χ1v) is 12.4. The van der Waals surface area contributed by atoms with E-state index in [4.69, 9.17) is 18.9 Å². The predicted octanol–water partition coefficient (Wildman–Crippen LogP) is 4.67. The van der Waals surface area contributed by atoms with Crippen molar-refractivity contribution >= 4 is 17.6 Å². The Morgan fingerprint density at radius 1 is 0.895 bits per heavy atom. The van der Waals surface area contributed by atoms with Gasteiger partial charge in [0.05, 0.1) is 34.0 Å². The van der Waals surface area contributed by atoms with Gasteiger partial charge in [0, 0.05) is 24.3 Å². The molecule has 0 unspecified atom stereocenters. The zero-order chi connectivity index (χ0) is 27.1. The number of rotatable bonds is 9. The summed E-state index contributed by atoms with van der Waals surface area (Å²) in [5.74, 6) is 2.34. The van der Waals surface area contributed by atoms with Crippen molar-refractivity contribution in [3.63, 3.8) is 0 Å². The molecule has 3 amide bonds. The lowest BCUT2D eigenvalue weighted by atomic mass is 9.91. The van der Waals surface area contributed by atoms with E-state index in [1.807, 2.05) is 31.2 Å². The number of nitrogens with one attached hydrogen (secondary N) is 2. The number of hydrogen-bond donors (Lipinski definition) is 2. The zero-order valence-electron chi connectivity index (χ0n) is 22.1. The molecule has 2 N–H and O–H groups in total. The third-order valence-electron chi connectivity index (χ3n) is 6.49. The van der Waals surface area contributed by atoms with Crippen LogP contribution in [0.4, 0.5) is 10.5 Å². The van der Waals surface area contributed by atoms with Crippen molar-refractivity contribution in [3.8, 4) is 23.0 Å². The number of carbonyl (C=O) groups is 2. The predicted molar refractivity (Wildman–Crippen MR) is 145 cm³/mol. The van der Waals surface area contributed by atoms with E-state index in [0.29, 0.717) is 48.1 Å². The molecule has 1 aliphatic rings. The van der Waals surface area contributed by atoms with E-state index in [0.717, 1.165) is 16.9 Å². The highest BCUT2D eigenvalue weighted by Gasteiger charge is 2.32. The van der Waals surface area contributed by atoms with Crippen LogP contribution in [0.2, 0.25) is 0 Å². The van der Waals surface area contributed by atoms with Gasteiger partial charge in [-0.3, -0.25) is 4.79 Å². The molecular weight excluding hydrogens is 486 g/mol. The van der Waals surface area contributed by atoms with Gasteiger partial charge in [-0.15, -0.1) is 0 Å². The number of ether oxygens (including phenoxy) is 4. The second-order valence-electron chi connectivity index (χ2n) is 8.69. The summed E-state index contributed by atoms with van der Waals surface area (Å²) >= 11 is 0. The average molecular weight is 520 g/mol. The Bertz CT molecular complexity index is 1260. The van der Waals surface area contributed by atoms with Gasteiger partial charge in [-0.1, -0.05) is 0 Å². The van der Waals surface area contributed by atoms with Gasteiger partial charge < -0.3 is 34.5 Å². The van der Waals surface area contributed by atoms with Gasteiger partial charge in [0.25, 0.3) is 5.91 Å². The van der Waals surface area contributed by atoms with Crippen molar-refractivity contribution in [1.29, 1.82) is 0 Å². The number of nitrogens with zero attached hydrogens (tertiary/aromatic N) is 1. The fourth-order valence-electron chi connectivity index (χ4n) is 4.52. The summed E-state index contributed by atoms with van der Waals surface area (Å²) in [5.41, 5.74) is 3.08. The maximum absolute atomic E-state index is 13.5. The van der Waals surface area contributed by atoms with Crippen LogP contribution >= 0.6 is 0 Å². The summed E-state index contributed by atoms with van der Waals surface area (Å²) in [6.07, 6.45) is 0.634. The molecule has 0 bridgehead atoms. The number of fused-ring (bicyclic) bond motifs is 1. The van der Waals surface area contributed by atoms with Gasteiger partial charge >= 0.3 is 6.03 Å². The SMILES string of the molecule is CCOc1ccc(NC(=O)N2CCc3cc(OC)c(OC)cc3[C@@H]2CNC(=O)c2ccc(OC)cc2)cc1. The van der Waals surface area contributed by atoms with E-state index in [-0.39, 0.29) is 18.5 Å². The standard InChI is InChI=1S/C29H33N3O6/c1-5-38-23-12-8-21(9-13-23)31-29(34)32-15-14-20-16-26(36-3)27(37-4)17-24(20)25(32)18-30-28(33)19-6-10-22(35-2)11-7-19/h6-13,16-17,25H,5,14-15,18H2,1-4H3,(H,30,33)(H,31,34)/t25-/m0/s1. The van der Waals surface area contributed by atoms with Crippen molar-refractivity contribution in [3.05, 3.63) is 77.4 Å². The second kappa shape index (κ2) is 12.2. The summed E-state index contributed by atoms with van der Waals surface area (Å²) in [5, 5.41) is 5.97. The second-order valence-corrected chi connectivity index (χ2v) is 8.69. The number of amides is 3. The van der Waals surface area contributed by atoms with Crippen LogP contribution in [0, 0.1) is 0 Å². The molecule has 0 aliphatic carbocycles. The number of hydrogen-bond acceptors (Lipinski definition) is 6. The highest BCUT2D eigenvalue weighted by atomic mass is 16.5. The Hall–Kier alpha value is -4.40. The molecule has 3 aromatic rings. The van der Waals surface area contributed by atoms with Crippen LogP contribution in [0.5, 0.6) is 23.0 Å². The van der Waals surface area contributed by atoms with Crippen molar-refractivity contribution in [2.24, 2.45) is 0 Å². The van der Waals surface area contributed by atoms with E-state index < -0.39 is 6.04 Å². The summed E-state index contributed by atoms with van der Waals surface area (Å²) in [7, 11) is 4.74. The van der Waals surface area contributed by atoms with E-state index in [9.17, 15) is 9.59 Å². The number of carbonyl (C=O) groups excluding carboxylic acids is 2. The first-order chi connectivity index (χ1) is 18.5. The minimum atomic E-state index is -0.427. The molecule has 0 spiro atoms. The molecule has 38 heavy (non-hydrogen) atoms. The molecule has 0 saturated carbocycles. The molecule has 3 aromatic carbocycles.